The van der Waals surface area contributed by atoms with Crippen molar-refractivity contribution >= 4 is 17.5 Å². The number of hydrogen-bond donors (Lipinski definition) is 1. The van der Waals surface area contributed by atoms with Gasteiger partial charge in [-0.3, -0.25) is 9.69 Å². The van der Waals surface area contributed by atoms with E-state index in [1.807, 2.05) is 42.5 Å². The Morgan fingerprint density at radius 3 is 2.46 bits per heavy atom. The summed E-state index contributed by atoms with van der Waals surface area (Å²) in [7, 11) is 0. The molecule has 5 heteroatoms. The summed E-state index contributed by atoms with van der Waals surface area (Å²) in [6.07, 6.45) is 1.26. The summed E-state index contributed by atoms with van der Waals surface area (Å²) in [5.41, 5.74) is 2.35. The maximum absolute atomic E-state index is 12.3. The third-order valence-electron chi connectivity index (χ3n) is 4.72. The van der Waals surface area contributed by atoms with E-state index in [1.165, 1.54) is 11.1 Å². The summed E-state index contributed by atoms with van der Waals surface area (Å²) in [5.74, 6) is 0.0843. The molecule has 1 aliphatic heterocycles. The van der Waals surface area contributed by atoms with E-state index in [1.54, 1.807) is 0 Å². The lowest BCUT2D eigenvalue weighted by molar-refractivity contribution is -0.121. The minimum atomic E-state index is 0.0843. The number of morpholine rings is 1. The third kappa shape index (κ3) is 5.56. The van der Waals surface area contributed by atoms with E-state index in [0.717, 1.165) is 37.7 Å². The highest BCUT2D eigenvalue weighted by Gasteiger charge is 2.23. The highest BCUT2D eigenvalue weighted by molar-refractivity contribution is 6.30. The summed E-state index contributed by atoms with van der Waals surface area (Å²) in [6, 6.07) is 18.1. The SMILES string of the molecule is O=C(CCc1ccccc1)NCC(c1ccc(Cl)cc1)N1CCOCC1. The molecule has 1 N–H and O–H groups in total. The van der Waals surface area contributed by atoms with Gasteiger partial charge in [-0.25, -0.2) is 0 Å². The second-order valence-electron chi connectivity index (χ2n) is 6.51. The second-order valence-corrected chi connectivity index (χ2v) is 6.94. The number of nitrogens with one attached hydrogen (secondary N) is 1. The maximum Gasteiger partial charge on any atom is 0.220 e. The van der Waals surface area contributed by atoms with Gasteiger partial charge in [-0.15, -0.1) is 0 Å². The van der Waals surface area contributed by atoms with Gasteiger partial charge in [-0.1, -0.05) is 54.1 Å². The Morgan fingerprint density at radius 1 is 1.08 bits per heavy atom. The highest BCUT2D eigenvalue weighted by atomic mass is 35.5. The van der Waals surface area contributed by atoms with Crippen molar-refractivity contribution in [3.8, 4) is 0 Å². The van der Waals surface area contributed by atoms with Crippen molar-refractivity contribution < 1.29 is 9.53 Å². The van der Waals surface area contributed by atoms with Crippen LogP contribution in [0.1, 0.15) is 23.6 Å². The molecule has 3 rings (SSSR count). The van der Waals surface area contributed by atoms with E-state index in [-0.39, 0.29) is 11.9 Å². The number of benzene rings is 2. The van der Waals surface area contributed by atoms with Crippen molar-refractivity contribution in [2.24, 2.45) is 0 Å². The number of aryl methyl sites for hydroxylation is 1. The average molecular weight is 373 g/mol. The Kier molecular flexibility index (Phi) is 7.06. The summed E-state index contributed by atoms with van der Waals surface area (Å²) in [5, 5.41) is 3.83. The predicted molar refractivity (Wildman–Crippen MR) is 104 cm³/mol. The molecular weight excluding hydrogens is 348 g/mol. The molecule has 0 bridgehead atoms. The van der Waals surface area contributed by atoms with Crippen LogP contribution in [0.5, 0.6) is 0 Å². The quantitative estimate of drug-likeness (QED) is 0.809. The largest absolute Gasteiger partial charge is 0.379 e. The first-order chi connectivity index (χ1) is 12.7. The third-order valence-corrected chi connectivity index (χ3v) is 4.97. The van der Waals surface area contributed by atoms with Gasteiger partial charge in [0, 0.05) is 31.1 Å². The zero-order chi connectivity index (χ0) is 18.2. The van der Waals surface area contributed by atoms with Crippen LogP contribution in [-0.4, -0.2) is 43.7 Å². The number of hydrogen-bond acceptors (Lipinski definition) is 3. The summed E-state index contributed by atoms with van der Waals surface area (Å²) in [4.78, 5) is 14.7. The van der Waals surface area contributed by atoms with E-state index in [4.69, 9.17) is 16.3 Å². The molecule has 1 heterocycles. The number of halogens is 1. The van der Waals surface area contributed by atoms with Crippen molar-refractivity contribution in [1.82, 2.24) is 10.2 Å². The zero-order valence-corrected chi connectivity index (χ0v) is 15.6. The van der Waals surface area contributed by atoms with Crippen molar-refractivity contribution in [3.63, 3.8) is 0 Å². The Balaban J connectivity index is 1.58. The average Bonchev–Trinajstić information content (AvgIpc) is 2.69. The van der Waals surface area contributed by atoms with Gasteiger partial charge in [0.1, 0.15) is 0 Å². The zero-order valence-electron chi connectivity index (χ0n) is 14.9. The number of rotatable bonds is 7. The molecule has 0 aromatic heterocycles. The van der Waals surface area contributed by atoms with Gasteiger partial charge < -0.3 is 10.1 Å². The van der Waals surface area contributed by atoms with Crippen molar-refractivity contribution in [2.75, 3.05) is 32.8 Å². The van der Waals surface area contributed by atoms with E-state index >= 15 is 0 Å². The molecule has 1 fully saturated rings. The smallest absolute Gasteiger partial charge is 0.220 e. The maximum atomic E-state index is 12.3. The second kappa shape index (κ2) is 9.72. The lowest BCUT2D eigenvalue weighted by Crippen LogP contribution is -2.43. The van der Waals surface area contributed by atoms with Crippen molar-refractivity contribution in [2.45, 2.75) is 18.9 Å². The van der Waals surface area contributed by atoms with Gasteiger partial charge in [0.2, 0.25) is 5.91 Å². The lowest BCUT2D eigenvalue weighted by atomic mass is 10.0. The summed E-state index contributed by atoms with van der Waals surface area (Å²) >= 11 is 6.03. The monoisotopic (exact) mass is 372 g/mol. The molecule has 0 aliphatic carbocycles. The molecule has 4 nitrogen and oxygen atoms in total. The molecule has 1 amide bonds. The lowest BCUT2D eigenvalue weighted by Gasteiger charge is -2.35. The van der Waals surface area contributed by atoms with E-state index in [2.05, 4.69) is 22.3 Å². The van der Waals surface area contributed by atoms with Crippen LogP contribution >= 0.6 is 11.6 Å². The van der Waals surface area contributed by atoms with Gasteiger partial charge in [-0.05, 0) is 29.7 Å². The minimum absolute atomic E-state index is 0.0843. The number of ether oxygens (including phenoxy) is 1. The Labute approximate surface area is 160 Å². The van der Waals surface area contributed by atoms with E-state index in [9.17, 15) is 4.79 Å². The molecule has 2 aromatic rings. The van der Waals surface area contributed by atoms with E-state index in [0.29, 0.717) is 13.0 Å². The predicted octanol–water partition coefficient (Wildman–Crippen LogP) is 3.46. The fraction of sp³-hybridized carbons (Fsp3) is 0.381. The van der Waals surface area contributed by atoms with Gasteiger partial charge in [-0.2, -0.15) is 0 Å². The molecule has 0 spiro atoms. The molecule has 138 valence electrons. The van der Waals surface area contributed by atoms with Crippen LogP contribution < -0.4 is 5.32 Å². The Morgan fingerprint density at radius 2 is 1.77 bits per heavy atom. The Bertz CT molecular complexity index is 685. The molecule has 2 aromatic carbocycles. The molecule has 1 saturated heterocycles. The number of amides is 1. The Hall–Kier alpha value is -1.88. The summed E-state index contributed by atoms with van der Waals surface area (Å²) in [6.45, 7) is 3.79. The fourth-order valence-corrected chi connectivity index (χ4v) is 3.36. The van der Waals surface area contributed by atoms with Crippen LogP contribution in [0, 0.1) is 0 Å². The van der Waals surface area contributed by atoms with E-state index < -0.39 is 0 Å². The first-order valence-corrected chi connectivity index (χ1v) is 9.48. The molecular formula is C21H25ClN2O2. The standard InChI is InChI=1S/C21H25ClN2O2/c22-19-9-7-18(8-10-19)20(24-12-14-26-15-13-24)16-23-21(25)11-6-17-4-2-1-3-5-17/h1-5,7-10,20H,6,11-16H2,(H,23,25). The van der Waals surface area contributed by atoms with Crippen LogP contribution in [0.25, 0.3) is 0 Å². The van der Waals surface area contributed by atoms with Gasteiger partial charge >= 0.3 is 0 Å². The first kappa shape index (κ1) is 18.9. The van der Waals surface area contributed by atoms with Crippen LogP contribution in [0.2, 0.25) is 5.02 Å². The van der Waals surface area contributed by atoms with Crippen LogP contribution in [0.15, 0.2) is 54.6 Å². The van der Waals surface area contributed by atoms with Gasteiger partial charge in [0.25, 0.3) is 0 Å². The molecule has 0 radical (unpaired) electrons. The molecule has 0 saturated carbocycles. The highest BCUT2D eigenvalue weighted by Crippen LogP contribution is 2.23. The number of carbonyl (C=O) groups excluding carboxylic acids is 1. The number of nitrogens with zero attached hydrogens (tertiary/aromatic N) is 1. The van der Waals surface area contributed by atoms with Crippen molar-refractivity contribution in [3.05, 3.63) is 70.7 Å². The molecule has 1 atom stereocenters. The first-order valence-electron chi connectivity index (χ1n) is 9.10. The van der Waals surface area contributed by atoms with Gasteiger partial charge in [0.15, 0.2) is 0 Å². The molecule has 1 aliphatic rings. The van der Waals surface area contributed by atoms with Crippen LogP contribution in [-0.2, 0) is 16.0 Å². The normalized spacial score (nSPS) is 16.2. The molecule has 1 unspecified atom stereocenters. The van der Waals surface area contributed by atoms with Crippen molar-refractivity contribution in [1.29, 1.82) is 0 Å². The minimum Gasteiger partial charge on any atom is -0.379 e. The summed E-state index contributed by atoms with van der Waals surface area (Å²) < 4.78 is 5.47. The van der Waals surface area contributed by atoms with Crippen LogP contribution in [0.4, 0.5) is 0 Å². The molecule has 26 heavy (non-hydrogen) atoms. The fourth-order valence-electron chi connectivity index (χ4n) is 3.23. The van der Waals surface area contributed by atoms with Gasteiger partial charge in [0.05, 0.1) is 19.3 Å². The van der Waals surface area contributed by atoms with Crippen LogP contribution in [0.3, 0.4) is 0 Å². The number of carbonyl (C=O) groups is 1. The topological polar surface area (TPSA) is 41.6 Å².